The molecule has 0 saturated heterocycles. The highest BCUT2D eigenvalue weighted by atomic mass is 32.2. The average molecular weight is 296 g/mol. The molecule has 0 heterocycles. The van der Waals surface area contributed by atoms with Crippen molar-refractivity contribution in [3.05, 3.63) is 29.8 Å². The topological polar surface area (TPSA) is 49.4 Å². The highest BCUT2D eigenvalue weighted by Crippen LogP contribution is 2.30. The Hall–Kier alpha value is -1.12. The van der Waals surface area contributed by atoms with E-state index in [1.54, 1.807) is 7.05 Å². The highest BCUT2D eigenvalue weighted by molar-refractivity contribution is 7.89. The molecular weight excluding hydrogens is 281 g/mol. The molecule has 0 saturated carbocycles. The molecule has 19 heavy (non-hydrogen) atoms. The number of hydrogen-bond acceptors (Lipinski definition) is 3. The first-order valence-corrected chi connectivity index (χ1v) is 6.92. The van der Waals surface area contributed by atoms with Gasteiger partial charge < -0.3 is 5.32 Å². The Kier molecular flexibility index (Phi) is 4.94. The van der Waals surface area contributed by atoms with Crippen LogP contribution in [0, 0.1) is 0 Å². The maximum atomic E-state index is 12.5. The fourth-order valence-corrected chi connectivity index (χ4v) is 2.62. The van der Waals surface area contributed by atoms with Crippen LogP contribution in [0.25, 0.3) is 0 Å². The van der Waals surface area contributed by atoms with Crippen LogP contribution in [0.2, 0.25) is 0 Å². The number of nitrogens with one attached hydrogen (secondary N) is 1. The summed E-state index contributed by atoms with van der Waals surface area (Å²) in [7, 11) is -0.917. The van der Waals surface area contributed by atoms with Gasteiger partial charge >= 0.3 is 6.18 Å². The van der Waals surface area contributed by atoms with Crippen LogP contribution in [0.5, 0.6) is 0 Å². The molecule has 0 fully saturated rings. The van der Waals surface area contributed by atoms with E-state index in [1.165, 1.54) is 7.05 Å². The van der Waals surface area contributed by atoms with Gasteiger partial charge in [-0.15, -0.1) is 0 Å². The first-order valence-electron chi connectivity index (χ1n) is 5.48. The first-order chi connectivity index (χ1) is 8.69. The van der Waals surface area contributed by atoms with Crippen molar-refractivity contribution < 1.29 is 21.6 Å². The van der Waals surface area contributed by atoms with Crippen LogP contribution < -0.4 is 5.32 Å². The summed E-state index contributed by atoms with van der Waals surface area (Å²) < 4.78 is 62.7. The van der Waals surface area contributed by atoms with Crippen LogP contribution in [0.15, 0.2) is 29.2 Å². The van der Waals surface area contributed by atoms with E-state index in [1.807, 2.05) is 0 Å². The molecular formula is C11H15F3N2O2S. The molecule has 0 aliphatic heterocycles. The number of likely N-dealkylation sites (N-methyl/N-ethyl adjacent to an activating group) is 2. The number of sulfonamides is 1. The molecule has 0 aliphatic rings. The Labute approximate surface area is 110 Å². The van der Waals surface area contributed by atoms with Crippen molar-refractivity contribution in [1.82, 2.24) is 9.62 Å². The summed E-state index contributed by atoms with van der Waals surface area (Å²) in [6.07, 6.45) is -4.56. The number of nitrogens with zero attached hydrogens (tertiary/aromatic N) is 1. The minimum Gasteiger partial charge on any atom is -0.318 e. The second kappa shape index (κ2) is 5.89. The van der Waals surface area contributed by atoms with Gasteiger partial charge in [-0.1, -0.05) is 6.07 Å². The molecule has 0 unspecified atom stereocenters. The lowest BCUT2D eigenvalue weighted by atomic mass is 10.2. The van der Waals surface area contributed by atoms with E-state index in [-0.39, 0.29) is 11.4 Å². The van der Waals surface area contributed by atoms with Gasteiger partial charge in [0.1, 0.15) is 0 Å². The first kappa shape index (κ1) is 15.9. The van der Waals surface area contributed by atoms with E-state index in [2.05, 4.69) is 5.32 Å². The summed E-state index contributed by atoms with van der Waals surface area (Å²) in [5, 5.41) is 2.77. The molecule has 0 bridgehead atoms. The lowest BCUT2D eigenvalue weighted by molar-refractivity contribution is -0.137. The summed E-state index contributed by atoms with van der Waals surface area (Å²) >= 11 is 0. The SMILES string of the molecule is CNCCN(C)S(=O)(=O)c1cccc(C(F)(F)F)c1. The van der Waals surface area contributed by atoms with Crippen molar-refractivity contribution in [3.8, 4) is 0 Å². The molecule has 4 nitrogen and oxygen atoms in total. The molecule has 0 aliphatic carbocycles. The molecule has 1 aromatic rings. The quantitative estimate of drug-likeness (QED) is 0.897. The Morgan fingerprint density at radius 1 is 1.32 bits per heavy atom. The summed E-state index contributed by atoms with van der Waals surface area (Å²) in [6, 6.07) is 3.72. The predicted molar refractivity (Wildman–Crippen MR) is 65.2 cm³/mol. The molecule has 1 aromatic carbocycles. The van der Waals surface area contributed by atoms with Crippen LogP contribution in [-0.4, -0.2) is 39.9 Å². The molecule has 1 N–H and O–H groups in total. The third kappa shape index (κ3) is 3.92. The summed E-state index contributed by atoms with van der Waals surface area (Å²) in [5.41, 5.74) is -0.976. The largest absolute Gasteiger partial charge is 0.416 e. The van der Waals surface area contributed by atoms with Gasteiger partial charge in [-0.2, -0.15) is 17.5 Å². The molecule has 0 radical (unpaired) electrons. The van der Waals surface area contributed by atoms with E-state index in [0.717, 1.165) is 22.5 Å². The normalized spacial score (nSPS) is 12.9. The standard InChI is InChI=1S/C11H15F3N2O2S/c1-15-6-7-16(2)19(17,18)10-5-3-4-9(8-10)11(12,13)14/h3-5,8,15H,6-7H2,1-2H3. The third-order valence-electron chi connectivity index (χ3n) is 2.55. The Bertz CT molecular complexity index is 529. The van der Waals surface area contributed by atoms with E-state index in [0.29, 0.717) is 12.6 Å². The zero-order valence-electron chi connectivity index (χ0n) is 10.5. The number of hydrogen-bond donors (Lipinski definition) is 1. The molecule has 8 heteroatoms. The van der Waals surface area contributed by atoms with Gasteiger partial charge in [0, 0.05) is 20.1 Å². The molecule has 0 spiro atoms. The van der Waals surface area contributed by atoms with Gasteiger partial charge in [0.25, 0.3) is 0 Å². The van der Waals surface area contributed by atoms with Crippen LogP contribution in [-0.2, 0) is 16.2 Å². The van der Waals surface area contributed by atoms with Crippen LogP contribution in [0.3, 0.4) is 0 Å². The van der Waals surface area contributed by atoms with Crippen molar-refractivity contribution >= 4 is 10.0 Å². The van der Waals surface area contributed by atoms with Gasteiger partial charge in [-0.3, -0.25) is 0 Å². The summed E-state index contributed by atoms with van der Waals surface area (Å²) in [5.74, 6) is 0. The fraction of sp³-hybridized carbons (Fsp3) is 0.455. The smallest absolute Gasteiger partial charge is 0.318 e. The lowest BCUT2D eigenvalue weighted by Gasteiger charge is -2.17. The van der Waals surface area contributed by atoms with Crippen molar-refractivity contribution in [2.45, 2.75) is 11.1 Å². The fourth-order valence-electron chi connectivity index (χ4n) is 1.40. The van der Waals surface area contributed by atoms with Gasteiger partial charge in [-0.25, -0.2) is 8.42 Å². The zero-order chi connectivity index (χ0) is 14.7. The Morgan fingerprint density at radius 3 is 2.47 bits per heavy atom. The zero-order valence-corrected chi connectivity index (χ0v) is 11.3. The van der Waals surface area contributed by atoms with Gasteiger partial charge in [0.05, 0.1) is 10.5 Å². The van der Waals surface area contributed by atoms with Crippen molar-refractivity contribution in [2.24, 2.45) is 0 Å². The maximum Gasteiger partial charge on any atom is 0.416 e. The molecule has 0 aromatic heterocycles. The second-order valence-electron chi connectivity index (χ2n) is 3.96. The number of rotatable bonds is 5. The number of alkyl halides is 3. The van der Waals surface area contributed by atoms with Crippen LogP contribution in [0.4, 0.5) is 13.2 Å². The average Bonchev–Trinajstić information content (AvgIpc) is 2.35. The van der Waals surface area contributed by atoms with E-state index < -0.39 is 21.8 Å². The third-order valence-corrected chi connectivity index (χ3v) is 4.40. The van der Waals surface area contributed by atoms with Gasteiger partial charge in [-0.05, 0) is 25.2 Å². The van der Waals surface area contributed by atoms with Gasteiger partial charge in [0.15, 0.2) is 0 Å². The van der Waals surface area contributed by atoms with E-state index in [4.69, 9.17) is 0 Å². The molecule has 1 rings (SSSR count). The highest BCUT2D eigenvalue weighted by Gasteiger charge is 2.32. The minimum absolute atomic E-state index is 0.176. The second-order valence-corrected chi connectivity index (χ2v) is 6.00. The molecule has 0 amide bonds. The number of halogens is 3. The lowest BCUT2D eigenvalue weighted by Crippen LogP contribution is -2.33. The van der Waals surface area contributed by atoms with E-state index in [9.17, 15) is 21.6 Å². The molecule has 0 atom stereocenters. The van der Waals surface area contributed by atoms with E-state index >= 15 is 0 Å². The van der Waals surface area contributed by atoms with Crippen LogP contribution in [0.1, 0.15) is 5.56 Å². The monoisotopic (exact) mass is 296 g/mol. The van der Waals surface area contributed by atoms with Crippen molar-refractivity contribution in [1.29, 1.82) is 0 Å². The van der Waals surface area contributed by atoms with Gasteiger partial charge in [0.2, 0.25) is 10.0 Å². The Morgan fingerprint density at radius 2 is 1.95 bits per heavy atom. The van der Waals surface area contributed by atoms with Crippen LogP contribution >= 0.6 is 0 Å². The number of benzene rings is 1. The van der Waals surface area contributed by atoms with Crippen molar-refractivity contribution in [2.75, 3.05) is 27.2 Å². The Balaban J connectivity index is 3.09. The summed E-state index contributed by atoms with van der Waals surface area (Å²) in [4.78, 5) is -0.360. The summed E-state index contributed by atoms with van der Waals surface area (Å²) in [6.45, 7) is 0.587. The van der Waals surface area contributed by atoms with Crippen molar-refractivity contribution in [3.63, 3.8) is 0 Å². The predicted octanol–water partition coefficient (Wildman–Crippen LogP) is 1.55. The molecule has 108 valence electrons. The maximum absolute atomic E-state index is 12.5. The minimum atomic E-state index is -4.56.